The lowest BCUT2D eigenvalue weighted by atomic mass is 10.1. The SMILES string of the molecule is CNC(=O)c1ccc(-c2ccc3nnn(Cc4c(F)ccc(F)c4Cl)c3n2)cc1F. The van der Waals surface area contributed by atoms with Crippen LogP contribution in [0, 0.1) is 17.5 Å². The van der Waals surface area contributed by atoms with Gasteiger partial charge >= 0.3 is 0 Å². The van der Waals surface area contributed by atoms with Crippen molar-refractivity contribution in [2.45, 2.75) is 6.54 Å². The molecule has 1 amide bonds. The molecule has 0 radical (unpaired) electrons. The first-order valence-corrected chi connectivity index (χ1v) is 9.11. The monoisotopic (exact) mass is 431 g/mol. The van der Waals surface area contributed by atoms with Crippen molar-refractivity contribution in [3.8, 4) is 11.3 Å². The van der Waals surface area contributed by atoms with Gasteiger partial charge in [0.25, 0.3) is 5.91 Å². The van der Waals surface area contributed by atoms with Crippen LogP contribution in [-0.4, -0.2) is 32.9 Å². The number of hydrogen-bond donors (Lipinski definition) is 1. The Morgan fingerprint density at radius 2 is 1.83 bits per heavy atom. The number of rotatable bonds is 4. The minimum Gasteiger partial charge on any atom is -0.355 e. The van der Waals surface area contributed by atoms with Crippen molar-refractivity contribution in [2.75, 3.05) is 7.05 Å². The summed E-state index contributed by atoms with van der Waals surface area (Å²) in [5, 5.41) is 9.91. The average Bonchev–Trinajstić information content (AvgIpc) is 3.15. The van der Waals surface area contributed by atoms with Gasteiger partial charge in [-0.05, 0) is 36.4 Å². The Hall–Kier alpha value is -3.46. The van der Waals surface area contributed by atoms with Gasteiger partial charge in [-0.1, -0.05) is 22.9 Å². The molecule has 0 aliphatic heterocycles. The van der Waals surface area contributed by atoms with E-state index < -0.39 is 23.4 Å². The summed E-state index contributed by atoms with van der Waals surface area (Å²) in [6, 6.07) is 9.25. The number of amides is 1. The molecule has 0 fully saturated rings. The van der Waals surface area contributed by atoms with Crippen molar-refractivity contribution in [1.29, 1.82) is 0 Å². The smallest absolute Gasteiger partial charge is 0.253 e. The maximum Gasteiger partial charge on any atom is 0.253 e. The number of aromatic nitrogens is 4. The summed E-state index contributed by atoms with van der Waals surface area (Å²) in [6.45, 7) is -0.195. The second-order valence-corrected chi connectivity index (χ2v) is 6.76. The molecule has 6 nitrogen and oxygen atoms in total. The molecule has 0 saturated heterocycles. The number of pyridine rings is 1. The Balaban J connectivity index is 1.75. The predicted molar refractivity (Wildman–Crippen MR) is 105 cm³/mol. The number of carbonyl (C=O) groups excluding carboxylic acids is 1. The highest BCUT2D eigenvalue weighted by Crippen LogP contribution is 2.26. The summed E-state index contributed by atoms with van der Waals surface area (Å²) in [7, 11) is 1.41. The van der Waals surface area contributed by atoms with Crippen molar-refractivity contribution in [3.63, 3.8) is 0 Å². The number of nitrogens with one attached hydrogen (secondary N) is 1. The molecule has 4 rings (SSSR count). The van der Waals surface area contributed by atoms with Crippen LogP contribution in [0.1, 0.15) is 15.9 Å². The number of hydrogen-bond acceptors (Lipinski definition) is 4. The molecule has 30 heavy (non-hydrogen) atoms. The van der Waals surface area contributed by atoms with Gasteiger partial charge < -0.3 is 5.32 Å². The minimum atomic E-state index is -0.752. The quantitative estimate of drug-likeness (QED) is 0.496. The Morgan fingerprint density at radius 3 is 2.57 bits per heavy atom. The lowest BCUT2D eigenvalue weighted by Gasteiger charge is -2.08. The van der Waals surface area contributed by atoms with Gasteiger partial charge in [-0.15, -0.1) is 5.10 Å². The van der Waals surface area contributed by atoms with Crippen LogP contribution < -0.4 is 5.32 Å². The molecular formula is C20H13ClF3N5O. The van der Waals surface area contributed by atoms with E-state index in [9.17, 15) is 18.0 Å². The van der Waals surface area contributed by atoms with Gasteiger partial charge in [0.05, 0.1) is 22.8 Å². The molecule has 152 valence electrons. The Bertz CT molecular complexity index is 1290. The zero-order valence-corrected chi connectivity index (χ0v) is 16.2. The fourth-order valence-corrected chi connectivity index (χ4v) is 3.19. The average molecular weight is 432 g/mol. The van der Waals surface area contributed by atoms with E-state index in [1.165, 1.54) is 23.9 Å². The molecule has 0 aliphatic rings. The van der Waals surface area contributed by atoms with Gasteiger partial charge in [0.2, 0.25) is 0 Å². The number of benzene rings is 2. The fraction of sp³-hybridized carbons (Fsp3) is 0.100. The molecule has 0 saturated carbocycles. The topological polar surface area (TPSA) is 72.7 Å². The highest BCUT2D eigenvalue weighted by Gasteiger charge is 2.17. The maximum absolute atomic E-state index is 14.3. The highest BCUT2D eigenvalue weighted by molar-refractivity contribution is 6.31. The van der Waals surface area contributed by atoms with Gasteiger partial charge in [-0.25, -0.2) is 22.8 Å². The van der Waals surface area contributed by atoms with Crippen molar-refractivity contribution >= 4 is 28.7 Å². The number of halogens is 4. The van der Waals surface area contributed by atoms with Crippen molar-refractivity contribution < 1.29 is 18.0 Å². The van der Waals surface area contributed by atoms with E-state index in [2.05, 4.69) is 20.6 Å². The van der Waals surface area contributed by atoms with Gasteiger partial charge in [-0.3, -0.25) is 4.79 Å². The summed E-state index contributed by atoms with van der Waals surface area (Å²) in [5.74, 6) is -2.68. The van der Waals surface area contributed by atoms with E-state index in [-0.39, 0.29) is 28.3 Å². The van der Waals surface area contributed by atoms with Crippen LogP contribution in [0.5, 0.6) is 0 Å². The normalized spacial score (nSPS) is 11.1. The van der Waals surface area contributed by atoms with Crippen molar-refractivity contribution in [2.24, 2.45) is 0 Å². The van der Waals surface area contributed by atoms with Crippen LogP contribution in [0.2, 0.25) is 5.02 Å². The van der Waals surface area contributed by atoms with Crippen molar-refractivity contribution in [3.05, 3.63) is 76.1 Å². The largest absolute Gasteiger partial charge is 0.355 e. The summed E-state index contributed by atoms with van der Waals surface area (Å²) in [5.41, 5.74) is 1.32. The third kappa shape index (κ3) is 3.48. The maximum atomic E-state index is 14.3. The van der Waals surface area contributed by atoms with E-state index >= 15 is 0 Å². The van der Waals surface area contributed by atoms with E-state index in [0.29, 0.717) is 16.8 Å². The summed E-state index contributed by atoms with van der Waals surface area (Å²) in [4.78, 5) is 16.1. The van der Waals surface area contributed by atoms with E-state index in [1.54, 1.807) is 18.2 Å². The van der Waals surface area contributed by atoms with Crippen LogP contribution in [0.4, 0.5) is 13.2 Å². The van der Waals surface area contributed by atoms with E-state index in [0.717, 1.165) is 12.1 Å². The molecule has 10 heteroatoms. The number of fused-ring (bicyclic) bond motifs is 1. The number of carbonyl (C=O) groups is 1. The standard InChI is InChI=1S/C20H13ClF3N5O/c1-25-20(30)11-3-2-10(8-15(11)24)16-6-7-17-19(26-16)29(28-27-17)9-12-13(22)4-5-14(23)18(12)21/h2-8H,9H2,1H3,(H,25,30). The highest BCUT2D eigenvalue weighted by atomic mass is 35.5. The van der Waals surface area contributed by atoms with Gasteiger partial charge in [0.15, 0.2) is 5.65 Å². The van der Waals surface area contributed by atoms with Gasteiger partial charge in [0, 0.05) is 18.2 Å². The van der Waals surface area contributed by atoms with Crippen LogP contribution >= 0.6 is 11.6 Å². The third-order valence-electron chi connectivity index (χ3n) is 4.54. The fourth-order valence-electron chi connectivity index (χ4n) is 2.98. The zero-order chi connectivity index (χ0) is 21.4. The second-order valence-electron chi connectivity index (χ2n) is 6.38. The summed E-state index contributed by atoms with van der Waals surface area (Å²) in [6.07, 6.45) is 0. The molecule has 0 spiro atoms. The molecule has 2 aromatic heterocycles. The summed E-state index contributed by atoms with van der Waals surface area (Å²) >= 11 is 5.89. The van der Waals surface area contributed by atoms with E-state index in [1.807, 2.05) is 0 Å². The lowest BCUT2D eigenvalue weighted by Crippen LogP contribution is -2.19. The number of nitrogens with zero attached hydrogens (tertiary/aromatic N) is 4. The van der Waals surface area contributed by atoms with E-state index in [4.69, 9.17) is 11.6 Å². The Labute approximate surface area is 173 Å². The molecule has 0 atom stereocenters. The van der Waals surface area contributed by atoms with Crippen LogP contribution in [0.25, 0.3) is 22.4 Å². The molecule has 0 aliphatic carbocycles. The second kappa shape index (κ2) is 7.75. The van der Waals surface area contributed by atoms with Crippen molar-refractivity contribution in [1.82, 2.24) is 25.3 Å². The molecule has 2 aromatic carbocycles. The molecule has 0 unspecified atom stereocenters. The van der Waals surface area contributed by atoms with Crippen LogP contribution in [-0.2, 0) is 6.54 Å². The molecule has 2 heterocycles. The molecule has 4 aromatic rings. The Kier molecular flexibility index (Phi) is 5.13. The minimum absolute atomic E-state index is 0.0864. The summed E-state index contributed by atoms with van der Waals surface area (Å²) < 4.78 is 43.4. The molecule has 0 bridgehead atoms. The third-order valence-corrected chi connectivity index (χ3v) is 4.95. The predicted octanol–water partition coefficient (Wildman–Crippen LogP) is 3.97. The first-order chi connectivity index (χ1) is 14.4. The van der Waals surface area contributed by atoms with Gasteiger partial charge in [0.1, 0.15) is 23.0 Å². The first-order valence-electron chi connectivity index (χ1n) is 8.73. The molecule has 1 N–H and O–H groups in total. The van der Waals surface area contributed by atoms with Crippen LogP contribution in [0.3, 0.4) is 0 Å². The molecular weight excluding hydrogens is 419 g/mol. The zero-order valence-electron chi connectivity index (χ0n) is 15.5. The lowest BCUT2D eigenvalue weighted by molar-refractivity contribution is 0.0959. The Morgan fingerprint density at radius 1 is 1.07 bits per heavy atom. The van der Waals surface area contributed by atoms with Crippen LogP contribution in [0.15, 0.2) is 42.5 Å². The van der Waals surface area contributed by atoms with Gasteiger partial charge in [-0.2, -0.15) is 0 Å². The first kappa shape index (κ1) is 19.8.